The van der Waals surface area contributed by atoms with Gasteiger partial charge >= 0.3 is 0 Å². The third-order valence-corrected chi connectivity index (χ3v) is 3.94. The fourth-order valence-electron chi connectivity index (χ4n) is 2.44. The van der Waals surface area contributed by atoms with E-state index >= 15 is 0 Å². The molecule has 26 heavy (non-hydrogen) atoms. The Hall–Kier alpha value is -2.44. The molecule has 6 nitrogen and oxygen atoms in total. The van der Waals surface area contributed by atoms with E-state index in [9.17, 15) is 4.79 Å². The minimum absolute atomic E-state index is 0.298. The van der Waals surface area contributed by atoms with Gasteiger partial charge in [-0.3, -0.25) is 4.79 Å². The predicted octanol–water partition coefficient (Wildman–Crippen LogP) is 4.15. The first kappa shape index (κ1) is 19.9. The summed E-state index contributed by atoms with van der Waals surface area (Å²) >= 11 is 6.09. The standard InChI is InChI=1S/C19H22ClNO5/c1-5-26-16-7-6-12(8-13(16)11-23-2)19(22)21-15-10-17(24-3)14(20)9-18(15)25-4/h6-10H,5,11H2,1-4H3,(H,21,22). The van der Waals surface area contributed by atoms with Crippen molar-refractivity contribution in [2.45, 2.75) is 13.5 Å². The van der Waals surface area contributed by atoms with Crippen LogP contribution in [0.2, 0.25) is 5.02 Å². The van der Waals surface area contributed by atoms with Gasteiger partial charge in [-0.2, -0.15) is 0 Å². The third kappa shape index (κ3) is 4.59. The highest BCUT2D eigenvalue weighted by Gasteiger charge is 2.15. The monoisotopic (exact) mass is 379 g/mol. The molecule has 0 bridgehead atoms. The van der Waals surface area contributed by atoms with E-state index in [1.165, 1.54) is 14.2 Å². The largest absolute Gasteiger partial charge is 0.495 e. The van der Waals surface area contributed by atoms with E-state index < -0.39 is 0 Å². The van der Waals surface area contributed by atoms with Crippen LogP contribution in [0.15, 0.2) is 30.3 Å². The maximum atomic E-state index is 12.7. The van der Waals surface area contributed by atoms with E-state index in [2.05, 4.69) is 5.32 Å². The van der Waals surface area contributed by atoms with E-state index in [0.29, 0.717) is 46.7 Å². The highest BCUT2D eigenvalue weighted by Crippen LogP contribution is 2.36. The number of hydrogen-bond acceptors (Lipinski definition) is 5. The van der Waals surface area contributed by atoms with Gasteiger partial charge in [-0.1, -0.05) is 11.6 Å². The smallest absolute Gasteiger partial charge is 0.255 e. The molecule has 1 N–H and O–H groups in total. The van der Waals surface area contributed by atoms with Crippen LogP contribution in [0.25, 0.3) is 0 Å². The van der Waals surface area contributed by atoms with Crippen LogP contribution >= 0.6 is 11.6 Å². The van der Waals surface area contributed by atoms with Gasteiger partial charge in [0, 0.05) is 30.4 Å². The second kappa shape index (κ2) is 9.31. The van der Waals surface area contributed by atoms with Crippen LogP contribution < -0.4 is 19.5 Å². The molecule has 0 saturated heterocycles. The molecule has 0 saturated carbocycles. The molecule has 0 aliphatic heterocycles. The molecule has 0 unspecified atom stereocenters. The van der Waals surface area contributed by atoms with Crippen molar-refractivity contribution in [1.29, 1.82) is 0 Å². The van der Waals surface area contributed by atoms with Gasteiger partial charge in [0.2, 0.25) is 0 Å². The lowest BCUT2D eigenvalue weighted by molar-refractivity contribution is 0.102. The number of anilines is 1. The summed E-state index contributed by atoms with van der Waals surface area (Å²) in [6, 6.07) is 8.39. The number of hydrogen-bond donors (Lipinski definition) is 1. The molecular weight excluding hydrogens is 358 g/mol. The minimum Gasteiger partial charge on any atom is -0.495 e. The zero-order valence-electron chi connectivity index (χ0n) is 15.2. The Labute approximate surface area is 158 Å². The van der Waals surface area contributed by atoms with Gasteiger partial charge < -0.3 is 24.3 Å². The summed E-state index contributed by atoms with van der Waals surface area (Å²) in [5.41, 5.74) is 1.72. The average molecular weight is 380 g/mol. The van der Waals surface area contributed by atoms with E-state index in [-0.39, 0.29) is 5.91 Å². The van der Waals surface area contributed by atoms with Crippen LogP contribution in [0, 0.1) is 0 Å². The Balaban J connectivity index is 2.31. The lowest BCUT2D eigenvalue weighted by atomic mass is 10.1. The van der Waals surface area contributed by atoms with Crippen molar-refractivity contribution in [2.75, 3.05) is 33.3 Å². The molecule has 0 heterocycles. The number of nitrogens with one attached hydrogen (secondary N) is 1. The molecule has 0 aliphatic rings. The van der Waals surface area contributed by atoms with E-state index in [0.717, 1.165) is 5.56 Å². The lowest BCUT2D eigenvalue weighted by Gasteiger charge is -2.14. The van der Waals surface area contributed by atoms with Crippen LogP contribution in [-0.2, 0) is 11.3 Å². The Morgan fingerprint density at radius 1 is 1.04 bits per heavy atom. The molecule has 0 spiro atoms. The van der Waals surface area contributed by atoms with Crippen molar-refractivity contribution in [3.05, 3.63) is 46.5 Å². The molecule has 1 amide bonds. The second-order valence-corrected chi connectivity index (χ2v) is 5.74. The summed E-state index contributed by atoms with van der Waals surface area (Å²) < 4.78 is 21.2. The van der Waals surface area contributed by atoms with Gasteiger partial charge in [0.05, 0.1) is 38.1 Å². The minimum atomic E-state index is -0.298. The molecule has 7 heteroatoms. The Bertz CT molecular complexity index is 779. The van der Waals surface area contributed by atoms with E-state index in [1.807, 2.05) is 6.92 Å². The topological polar surface area (TPSA) is 66.0 Å². The molecule has 0 aromatic heterocycles. The first-order valence-electron chi connectivity index (χ1n) is 8.01. The van der Waals surface area contributed by atoms with Crippen molar-refractivity contribution in [3.8, 4) is 17.2 Å². The van der Waals surface area contributed by atoms with E-state index in [1.54, 1.807) is 37.4 Å². The number of carbonyl (C=O) groups is 1. The van der Waals surface area contributed by atoms with Gasteiger partial charge in [-0.05, 0) is 25.1 Å². The molecule has 2 aromatic rings. The summed E-state index contributed by atoms with van der Waals surface area (Å²) in [6.07, 6.45) is 0. The number of rotatable bonds is 8. The van der Waals surface area contributed by atoms with E-state index in [4.69, 9.17) is 30.5 Å². The van der Waals surface area contributed by atoms with Crippen LogP contribution in [0.5, 0.6) is 17.2 Å². The van der Waals surface area contributed by atoms with Crippen molar-refractivity contribution >= 4 is 23.2 Å². The summed E-state index contributed by atoms with van der Waals surface area (Å²) in [4.78, 5) is 12.7. The fraction of sp³-hybridized carbons (Fsp3) is 0.316. The maximum Gasteiger partial charge on any atom is 0.255 e. The van der Waals surface area contributed by atoms with Gasteiger partial charge in [-0.25, -0.2) is 0 Å². The normalized spacial score (nSPS) is 10.3. The maximum absolute atomic E-state index is 12.7. The number of benzene rings is 2. The molecule has 0 radical (unpaired) electrons. The quantitative estimate of drug-likeness (QED) is 0.746. The van der Waals surface area contributed by atoms with Crippen LogP contribution in [0.4, 0.5) is 5.69 Å². The number of ether oxygens (including phenoxy) is 4. The molecule has 0 aliphatic carbocycles. The molecular formula is C19H22ClNO5. The van der Waals surface area contributed by atoms with Gasteiger partial charge in [0.1, 0.15) is 17.2 Å². The van der Waals surface area contributed by atoms with Crippen LogP contribution in [-0.4, -0.2) is 33.8 Å². The molecule has 2 rings (SSSR count). The second-order valence-electron chi connectivity index (χ2n) is 5.33. The summed E-state index contributed by atoms with van der Waals surface area (Å²) in [5, 5.41) is 3.21. The van der Waals surface area contributed by atoms with Crippen molar-refractivity contribution in [1.82, 2.24) is 0 Å². The van der Waals surface area contributed by atoms with Gasteiger partial charge in [-0.15, -0.1) is 0 Å². The Morgan fingerprint density at radius 2 is 1.77 bits per heavy atom. The first-order valence-corrected chi connectivity index (χ1v) is 8.39. The zero-order valence-corrected chi connectivity index (χ0v) is 16.0. The first-order chi connectivity index (χ1) is 12.5. The van der Waals surface area contributed by atoms with Crippen LogP contribution in [0.1, 0.15) is 22.8 Å². The summed E-state index contributed by atoms with van der Waals surface area (Å²) in [5.74, 6) is 1.27. The number of carbonyl (C=O) groups excluding carboxylic acids is 1. The molecule has 2 aromatic carbocycles. The molecule has 0 fully saturated rings. The average Bonchev–Trinajstić information content (AvgIpc) is 2.64. The molecule has 140 valence electrons. The van der Waals surface area contributed by atoms with Crippen molar-refractivity contribution in [2.24, 2.45) is 0 Å². The van der Waals surface area contributed by atoms with Crippen LogP contribution in [0.3, 0.4) is 0 Å². The molecule has 0 atom stereocenters. The van der Waals surface area contributed by atoms with Crippen molar-refractivity contribution in [3.63, 3.8) is 0 Å². The summed E-state index contributed by atoms with van der Waals surface area (Å²) in [7, 11) is 4.59. The number of halogens is 1. The highest BCUT2D eigenvalue weighted by atomic mass is 35.5. The third-order valence-electron chi connectivity index (χ3n) is 3.64. The lowest BCUT2D eigenvalue weighted by Crippen LogP contribution is -2.13. The van der Waals surface area contributed by atoms with Crippen molar-refractivity contribution < 1.29 is 23.7 Å². The fourth-order valence-corrected chi connectivity index (χ4v) is 2.67. The number of methoxy groups -OCH3 is 3. The van der Waals surface area contributed by atoms with Gasteiger partial charge in [0.15, 0.2) is 0 Å². The Morgan fingerprint density at radius 3 is 2.38 bits per heavy atom. The zero-order chi connectivity index (χ0) is 19.1. The highest BCUT2D eigenvalue weighted by molar-refractivity contribution is 6.32. The SMILES string of the molecule is CCOc1ccc(C(=O)Nc2cc(OC)c(Cl)cc2OC)cc1COC. The predicted molar refractivity (Wildman–Crippen MR) is 101 cm³/mol. The Kier molecular flexibility index (Phi) is 7.12. The summed E-state index contributed by atoms with van der Waals surface area (Å²) in [6.45, 7) is 2.77. The number of amides is 1. The van der Waals surface area contributed by atoms with Gasteiger partial charge in [0.25, 0.3) is 5.91 Å².